The number of aromatic nitrogens is 1. The van der Waals surface area contributed by atoms with Gasteiger partial charge in [0.2, 0.25) is 6.29 Å². The zero-order chi connectivity index (χ0) is 67.4. The van der Waals surface area contributed by atoms with Crippen molar-refractivity contribution in [1.82, 2.24) is 26.4 Å². The molecule has 0 bridgehead atoms. The Bertz CT molecular complexity index is 3550. The molecule has 2 heterocycles. The number of carbonyl (C=O) groups excluding carboxylic acids is 6. The third-order valence-electron chi connectivity index (χ3n) is 13.2. The number of alkyl halides is 6. The van der Waals surface area contributed by atoms with Gasteiger partial charge in [0.15, 0.2) is 22.3 Å². The van der Waals surface area contributed by atoms with E-state index in [0.29, 0.717) is 44.9 Å². The number of halogens is 6. The van der Waals surface area contributed by atoms with Crippen LogP contribution in [0.3, 0.4) is 0 Å². The molecule has 11 atom stereocenters. The largest absolute Gasteiger partial charge is 0.462 e. The van der Waals surface area contributed by atoms with Crippen LogP contribution in [0.2, 0.25) is 0 Å². The van der Waals surface area contributed by atoms with Gasteiger partial charge in [0, 0.05) is 45.4 Å². The summed E-state index contributed by atoms with van der Waals surface area (Å²) in [6.07, 6.45) is -9.13. The van der Waals surface area contributed by atoms with E-state index in [9.17, 15) is 85.7 Å². The Morgan fingerprint density at radius 2 is 1.03 bits per heavy atom. The number of rotatable bonds is 18. The van der Waals surface area contributed by atoms with Gasteiger partial charge in [-0.05, 0) is 149 Å². The number of nitrogen functional groups attached to an aromatic ring is 1. The van der Waals surface area contributed by atoms with Crippen molar-refractivity contribution >= 4 is 51.7 Å². The maximum absolute atomic E-state index is 13.1. The highest BCUT2D eigenvalue weighted by atomic mass is 32.1. The van der Waals surface area contributed by atoms with Gasteiger partial charge in [-0.2, -0.15) is 0 Å². The second kappa shape index (κ2) is 32.9. The maximum atomic E-state index is 13.1. The van der Waals surface area contributed by atoms with Crippen molar-refractivity contribution in [2.24, 2.45) is 0 Å². The topological polar surface area (TPSA) is 350 Å². The number of benzene rings is 4. The van der Waals surface area contributed by atoms with Crippen molar-refractivity contribution < 1.29 is 100 Å². The SMILES string of the molecule is C#Cc1ccc(C(=O)N[C@H](C(=O)CC)[C@](C)(O)C(F)F)cc1.CC(=O)[C@@H](NC(=O)c1ccc(C#Cc2ccc(O[C@@H]3O[C@@H](C)[C@@H](O)[C@@H](O)[C@@H]3O)cc2)cc1)[C@](C)(O)C(F)F.C[C@@](O)(C(F)F)[C@H](NC(=O)c1ccc(C#CC#Cc2cnc(N)s2)cc1)C(=O)NO. The van der Waals surface area contributed by atoms with Gasteiger partial charge in [-0.3, -0.25) is 34.0 Å². The van der Waals surface area contributed by atoms with Crippen LogP contribution in [-0.2, 0) is 19.1 Å². The van der Waals surface area contributed by atoms with Crippen LogP contribution < -0.4 is 31.9 Å². The van der Waals surface area contributed by atoms with Crippen LogP contribution in [0.1, 0.15) is 106 Å². The number of nitrogens with zero attached hydrogens (tertiary/aromatic N) is 1. The van der Waals surface area contributed by atoms with E-state index in [2.05, 4.69) is 57.1 Å². The minimum atomic E-state index is -3.36. The molecule has 0 saturated carbocycles. The summed E-state index contributed by atoms with van der Waals surface area (Å²) in [6, 6.07) is 18.3. The van der Waals surface area contributed by atoms with Gasteiger partial charge in [-0.15, -0.1) is 6.42 Å². The van der Waals surface area contributed by atoms with Crippen molar-refractivity contribution in [2.75, 3.05) is 5.73 Å². The van der Waals surface area contributed by atoms with Crippen LogP contribution in [0, 0.1) is 47.9 Å². The van der Waals surface area contributed by atoms with E-state index in [1.165, 1.54) is 97.3 Å². The number of ketones is 2. The van der Waals surface area contributed by atoms with Crippen LogP contribution in [0.5, 0.6) is 5.75 Å². The molecule has 1 aromatic heterocycles. The number of terminal acetylenes is 1. The van der Waals surface area contributed by atoms with E-state index >= 15 is 0 Å². The number of hydrogen-bond donors (Lipinski definition) is 12. The van der Waals surface area contributed by atoms with Crippen molar-refractivity contribution in [3.8, 4) is 53.6 Å². The lowest BCUT2D eigenvalue weighted by molar-refractivity contribution is -0.268. The number of ether oxygens (including phenoxy) is 2. The summed E-state index contributed by atoms with van der Waals surface area (Å²) in [4.78, 5) is 76.5. The van der Waals surface area contributed by atoms with Gasteiger partial charge in [0.1, 0.15) is 53.4 Å². The molecule has 478 valence electrons. The van der Waals surface area contributed by atoms with Crippen LogP contribution in [-0.4, -0.2) is 161 Å². The summed E-state index contributed by atoms with van der Waals surface area (Å²) in [6.45, 7) is 6.28. The molecule has 6 rings (SSSR count). The van der Waals surface area contributed by atoms with Gasteiger partial charge >= 0.3 is 0 Å². The summed E-state index contributed by atoms with van der Waals surface area (Å²) >= 11 is 1.22. The summed E-state index contributed by atoms with van der Waals surface area (Å²) in [5, 5.41) is 74.7. The lowest BCUT2D eigenvalue weighted by atomic mass is 9.91. The van der Waals surface area contributed by atoms with E-state index in [0.717, 1.165) is 26.3 Å². The van der Waals surface area contributed by atoms with Crippen LogP contribution in [0.4, 0.5) is 31.5 Å². The monoisotopic (exact) mass is 1280 g/mol. The Morgan fingerprint density at radius 3 is 1.44 bits per heavy atom. The number of nitrogens with one attached hydrogen (secondary N) is 4. The molecule has 0 radical (unpaired) electrons. The molecule has 28 heteroatoms. The fourth-order valence-electron chi connectivity index (χ4n) is 7.65. The standard InChI is InChI=1S/C27H29F2NO8.C19H16F2N4O4S.C16H17F2NO3/c1-14(31)23(27(3,36)26(28)29)30-24(35)18-10-6-16(7-11-18)4-5-17-8-12-19(13-9-17)38-25-22(34)21(33)20(32)15(2)37-25;1-19(28,17(20)21)14(16(27)25-29)24-15(26)12-8-6-11(7-9-12)4-2-3-5-13-10-23-18(22)30-13;1-4-10-6-8-11(9-7-10)14(21)19-13(12(20)5-2)16(3,22)15(17)18/h6-13,15,20-23,25-26,32-34,36H,1-3H3,(H,30,35);6-10,14,17,28-29H,1H3,(H2,22,23)(H,24,26)(H,25,27);1,6-9,13,15,22H,5H2,2-3H3,(H,19,21)/t15-,20+,21+,22-,23+,25-,27-;14-,19+;13-,16+/m011/s1. The average Bonchev–Trinajstić information content (AvgIpc) is 1.82. The van der Waals surface area contributed by atoms with Crippen LogP contribution in [0.15, 0.2) is 103 Å². The quantitative estimate of drug-likeness (QED) is 0.0258. The molecule has 0 aliphatic carbocycles. The van der Waals surface area contributed by atoms with E-state index in [4.69, 9.17) is 26.8 Å². The van der Waals surface area contributed by atoms with Gasteiger partial charge in [-0.1, -0.05) is 41.9 Å². The number of nitrogens with two attached hydrogens (primary N) is 1. The van der Waals surface area contributed by atoms with Crippen molar-refractivity contribution in [3.63, 3.8) is 0 Å². The molecule has 90 heavy (non-hydrogen) atoms. The predicted molar refractivity (Wildman–Crippen MR) is 313 cm³/mol. The van der Waals surface area contributed by atoms with Gasteiger partial charge < -0.3 is 61.8 Å². The lowest BCUT2D eigenvalue weighted by Gasteiger charge is -2.38. The molecule has 13 N–H and O–H groups in total. The minimum absolute atomic E-state index is 0.0209. The zero-order valence-electron chi connectivity index (χ0n) is 48.5. The Balaban J connectivity index is 0.000000299. The molecular formula is C62H62F6N6O15S. The predicted octanol–water partition coefficient (Wildman–Crippen LogP) is 3.51. The smallest absolute Gasteiger partial charge is 0.269 e. The Kier molecular flexibility index (Phi) is 26.8. The number of Topliss-reactive ketones (excluding diaryl/α,β-unsaturated/α-hetero) is 2. The third kappa shape index (κ3) is 20.2. The number of carbonyl (C=O) groups is 6. The minimum Gasteiger partial charge on any atom is -0.462 e. The normalized spacial score (nSPS) is 18.7. The van der Waals surface area contributed by atoms with E-state index in [1.54, 1.807) is 31.2 Å². The molecule has 4 amide bonds. The summed E-state index contributed by atoms with van der Waals surface area (Å²) in [7, 11) is 0. The van der Waals surface area contributed by atoms with E-state index < -0.39 is 120 Å². The van der Waals surface area contributed by atoms with E-state index in [1.807, 2.05) is 5.32 Å². The molecule has 4 aromatic carbocycles. The Morgan fingerprint density at radius 1 is 0.633 bits per heavy atom. The second-order valence-corrected chi connectivity index (χ2v) is 21.3. The Labute approximate surface area is 516 Å². The first kappa shape index (κ1) is 73.3. The fourth-order valence-corrected chi connectivity index (χ4v) is 8.19. The third-order valence-corrected chi connectivity index (χ3v) is 13.9. The Hall–Kier alpha value is -9.17. The summed E-state index contributed by atoms with van der Waals surface area (Å²) in [5.74, 6) is 14.0. The number of aliphatic hydroxyl groups is 6. The maximum Gasteiger partial charge on any atom is 0.269 e. The first-order chi connectivity index (χ1) is 42.2. The van der Waals surface area contributed by atoms with Gasteiger partial charge in [0.05, 0.1) is 17.2 Å². The summed E-state index contributed by atoms with van der Waals surface area (Å²) in [5.41, 5.74) is 0.855. The highest BCUT2D eigenvalue weighted by Gasteiger charge is 2.48. The molecule has 0 spiro atoms. The average molecular weight is 1280 g/mol. The first-order valence-electron chi connectivity index (χ1n) is 26.6. The van der Waals surface area contributed by atoms with Gasteiger partial charge in [0.25, 0.3) is 42.9 Å². The highest BCUT2D eigenvalue weighted by Crippen LogP contribution is 2.27. The number of anilines is 1. The molecule has 1 aliphatic rings. The molecule has 1 saturated heterocycles. The molecule has 5 aromatic rings. The van der Waals surface area contributed by atoms with Crippen molar-refractivity contribution in [3.05, 3.63) is 147 Å². The molecule has 0 unspecified atom stereocenters. The van der Waals surface area contributed by atoms with Crippen LogP contribution in [0.25, 0.3) is 0 Å². The lowest BCUT2D eigenvalue weighted by Crippen LogP contribution is -2.61. The van der Waals surface area contributed by atoms with Crippen molar-refractivity contribution in [2.45, 2.75) is 133 Å². The molecule has 21 nitrogen and oxygen atoms in total. The second-order valence-electron chi connectivity index (χ2n) is 20.2. The number of hydrogen-bond acceptors (Lipinski definition) is 18. The molecule has 1 fully saturated rings. The number of thiazole rings is 1. The van der Waals surface area contributed by atoms with Crippen LogP contribution >= 0.6 is 11.3 Å². The number of aliphatic hydroxyl groups excluding tert-OH is 3. The molecule has 1 aliphatic heterocycles. The van der Waals surface area contributed by atoms with E-state index in [-0.39, 0.29) is 23.1 Å². The van der Waals surface area contributed by atoms with Gasteiger partial charge in [-0.25, -0.2) is 36.8 Å². The number of hydroxylamine groups is 1. The number of amides is 4. The first-order valence-corrected chi connectivity index (χ1v) is 27.4. The van der Waals surface area contributed by atoms with Crippen molar-refractivity contribution in [1.29, 1.82) is 0 Å². The summed E-state index contributed by atoms with van der Waals surface area (Å²) < 4.78 is 89.2. The zero-order valence-corrected chi connectivity index (χ0v) is 49.4. The fraction of sp³-hybridized carbons (Fsp3) is 0.339. The highest BCUT2D eigenvalue weighted by molar-refractivity contribution is 7.15. The molecular weight excluding hydrogens is 1210 g/mol.